The van der Waals surface area contributed by atoms with E-state index in [1.165, 1.54) is 31.4 Å². The number of hydrogen-bond donors (Lipinski definition) is 0. The van der Waals surface area contributed by atoms with Gasteiger partial charge in [-0.05, 0) is 17.7 Å². The second-order valence-corrected chi connectivity index (χ2v) is 2.68. The molecule has 0 heterocycles. The van der Waals surface area contributed by atoms with Crippen LogP contribution < -0.4 is 4.74 Å². The monoisotopic (exact) mass is 207 g/mol. The van der Waals surface area contributed by atoms with Gasteiger partial charge in [0, 0.05) is 6.07 Å². The van der Waals surface area contributed by atoms with Gasteiger partial charge in [0.1, 0.15) is 6.29 Å². The molecule has 0 spiro atoms. The Balaban J connectivity index is 3.15. The van der Waals surface area contributed by atoms with Crippen molar-refractivity contribution in [2.75, 3.05) is 7.11 Å². The van der Waals surface area contributed by atoms with E-state index in [4.69, 9.17) is 4.74 Å². The summed E-state index contributed by atoms with van der Waals surface area (Å²) in [5, 5.41) is 10.6. The number of methoxy groups -OCH3 is 1. The number of nitro groups is 1. The molecule has 0 aromatic heterocycles. The van der Waals surface area contributed by atoms with Gasteiger partial charge < -0.3 is 4.74 Å². The number of rotatable bonds is 4. The maximum Gasteiger partial charge on any atom is 0.311 e. The van der Waals surface area contributed by atoms with E-state index in [2.05, 4.69) is 0 Å². The predicted octanol–water partition coefficient (Wildman–Crippen LogP) is 1.82. The van der Waals surface area contributed by atoms with Crippen molar-refractivity contribution in [2.24, 2.45) is 0 Å². The van der Waals surface area contributed by atoms with Gasteiger partial charge in [-0.3, -0.25) is 14.9 Å². The molecule has 0 bridgehead atoms. The SMILES string of the molecule is COc1ccc(C=CC=O)cc1[N+](=O)[O-]. The molecule has 78 valence electrons. The van der Waals surface area contributed by atoms with Gasteiger partial charge in [-0.25, -0.2) is 0 Å². The first kappa shape index (κ1) is 10.9. The third-order valence-electron chi connectivity index (χ3n) is 1.77. The molecular weight excluding hydrogens is 198 g/mol. The Morgan fingerprint density at radius 1 is 1.47 bits per heavy atom. The maximum atomic E-state index is 10.6. The smallest absolute Gasteiger partial charge is 0.311 e. The molecule has 0 radical (unpaired) electrons. The maximum absolute atomic E-state index is 10.6. The predicted molar refractivity (Wildman–Crippen MR) is 54.7 cm³/mol. The van der Waals surface area contributed by atoms with Crippen molar-refractivity contribution in [1.82, 2.24) is 0 Å². The highest BCUT2D eigenvalue weighted by Gasteiger charge is 2.13. The molecule has 0 unspecified atom stereocenters. The number of carbonyl (C=O) groups is 1. The molecule has 0 amide bonds. The minimum Gasteiger partial charge on any atom is -0.490 e. The Labute approximate surface area is 86.1 Å². The Morgan fingerprint density at radius 2 is 2.20 bits per heavy atom. The number of hydrogen-bond acceptors (Lipinski definition) is 4. The second kappa shape index (κ2) is 4.90. The fourth-order valence-electron chi connectivity index (χ4n) is 1.10. The zero-order valence-corrected chi connectivity index (χ0v) is 8.04. The lowest BCUT2D eigenvalue weighted by Gasteiger charge is -2.01. The zero-order valence-electron chi connectivity index (χ0n) is 8.04. The van der Waals surface area contributed by atoms with Gasteiger partial charge in [-0.1, -0.05) is 12.1 Å². The van der Waals surface area contributed by atoms with E-state index in [9.17, 15) is 14.9 Å². The van der Waals surface area contributed by atoms with Gasteiger partial charge in [0.15, 0.2) is 5.75 Å². The van der Waals surface area contributed by atoms with Crippen LogP contribution in [0.1, 0.15) is 5.56 Å². The lowest BCUT2D eigenvalue weighted by Crippen LogP contribution is -1.93. The molecule has 1 rings (SSSR count). The molecule has 0 saturated heterocycles. The molecular formula is C10H9NO4. The molecule has 5 heteroatoms. The van der Waals surface area contributed by atoms with Crippen LogP contribution in [0.3, 0.4) is 0 Å². The summed E-state index contributed by atoms with van der Waals surface area (Å²) in [5.41, 5.74) is 0.458. The molecule has 0 aliphatic heterocycles. The third kappa shape index (κ3) is 2.63. The Bertz CT molecular complexity index is 412. The summed E-state index contributed by atoms with van der Waals surface area (Å²) in [6.07, 6.45) is 3.36. The fraction of sp³-hybridized carbons (Fsp3) is 0.100. The molecule has 1 aromatic carbocycles. The molecule has 1 aromatic rings. The van der Waals surface area contributed by atoms with Gasteiger partial charge >= 0.3 is 5.69 Å². The van der Waals surface area contributed by atoms with Crippen LogP contribution in [0.5, 0.6) is 5.75 Å². The van der Waals surface area contributed by atoms with Gasteiger partial charge in [0.05, 0.1) is 12.0 Å². The number of ether oxygens (including phenoxy) is 1. The van der Waals surface area contributed by atoms with E-state index in [0.717, 1.165) is 0 Å². The standard InChI is InChI=1S/C10H9NO4/c1-15-10-5-4-8(3-2-6-12)7-9(10)11(13)14/h2-7H,1H3. The van der Waals surface area contributed by atoms with Crippen LogP contribution in [-0.2, 0) is 4.79 Å². The molecule has 0 fully saturated rings. The van der Waals surface area contributed by atoms with E-state index in [0.29, 0.717) is 11.8 Å². The van der Waals surface area contributed by atoms with E-state index in [-0.39, 0.29) is 11.4 Å². The number of nitro benzene ring substituents is 1. The van der Waals surface area contributed by atoms with Crippen molar-refractivity contribution in [3.63, 3.8) is 0 Å². The average molecular weight is 207 g/mol. The summed E-state index contributed by atoms with van der Waals surface area (Å²) in [4.78, 5) is 20.2. The second-order valence-electron chi connectivity index (χ2n) is 2.68. The van der Waals surface area contributed by atoms with Crippen molar-refractivity contribution in [1.29, 1.82) is 0 Å². The largest absolute Gasteiger partial charge is 0.490 e. The number of aldehydes is 1. The average Bonchev–Trinajstić information content (AvgIpc) is 2.25. The quantitative estimate of drug-likeness (QED) is 0.327. The van der Waals surface area contributed by atoms with Crippen LogP contribution in [0.15, 0.2) is 24.3 Å². The highest BCUT2D eigenvalue weighted by Crippen LogP contribution is 2.27. The number of nitrogens with zero attached hydrogens (tertiary/aromatic N) is 1. The normalized spacial score (nSPS) is 10.2. The van der Waals surface area contributed by atoms with Crippen LogP contribution in [0.4, 0.5) is 5.69 Å². The molecule has 0 atom stereocenters. The molecule has 0 saturated carbocycles. The first-order valence-corrected chi connectivity index (χ1v) is 4.13. The lowest BCUT2D eigenvalue weighted by atomic mass is 10.2. The van der Waals surface area contributed by atoms with Crippen molar-refractivity contribution in [3.05, 3.63) is 40.0 Å². The van der Waals surface area contributed by atoms with Crippen LogP contribution in [0, 0.1) is 10.1 Å². The van der Waals surface area contributed by atoms with Crippen LogP contribution in [-0.4, -0.2) is 18.3 Å². The van der Waals surface area contributed by atoms with E-state index < -0.39 is 4.92 Å². The van der Waals surface area contributed by atoms with Gasteiger partial charge in [-0.15, -0.1) is 0 Å². The fourth-order valence-corrected chi connectivity index (χ4v) is 1.10. The minimum atomic E-state index is -0.531. The summed E-state index contributed by atoms with van der Waals surface area (Å²) >= 11 is 0. The van der Waals surface area contributed by atoms with E-state index >= 15 is 0 Å². The number of allylic oxidation sites excluding steroid dienone is 1. The van der Waals surface area contributed by atoms with Crippen molar-refractivity contribution in [3.8, 4) is 5.75 Å². The Morgan fingerprint density at radius 3 is 2.73 bits per heavy atom. The number of carbonyl (C=O) groups excluding carboxylic acids is 1. The van der Waals surface area contributed by atoms with Gasteiger partial charge in [0.25, 0.3) is 0 Å². The van der Waals surface area contributed by atoms with Crippen molar-refractivity contribution < 1.29 is 14.5 Å². The van der Waals surface area contributed by atoms with Crippen LogP contribution in [0.2, 0.25) is 0 Å². The summed E-state index contributed by atoms with van der Waals surface area (Å²) in [6, 6.07) is 4.47. The molecule has 0 aliphatic carbocycles. The molecule has 0 N–H and O–H groups in total. The van der Waals surface area contributed by atoms with Gasteiger partial charge in [-0.2, -0.15) is 0 Å². The summed E-state index contributed by atoms with van der Waals surface area (Å²) in [7, 11) is 1.36. The highest BCUT2D eigenvalue weighted by atomic mass is 16.6. The third-order valence-corrected chi connectivity index (χ3v) is 1.77. The topological polar surface area (TPSA) is 69.4 Å². The van der Waals surface area contributed by atoms with E-state index in [1.807, 2.05) is 0 Å². The Kier molecular flexibility index (Phi) is 3.56. The van der Waals surface area contributed by atoms with Gasteiger partial charge in [0.2, 0.25) is 0 Å². The minimum absolute atomic E-state index is 0.120. The van der Waals surface area contributed by atoms with Crippen LogP contribution >= 0.6 is 0 Å². The lowest BCUT2D eigenvalue weighted by molar-refractivity contribution is -0.385. The first-order valence-electron chi connectivity index (χ1n) is 4.13. The summed E-state index contributed by atoms with van der Waals surface area (Å²) in [5.74, 6) is 0.197. The molecule has 5 nitrogen and oxygen atoms in total. The summed E-state index contributed by atoms with van der Waals surface area (Å²) < 4.78 is 4.83. The van der Waals surface area contributed by atoms with Crippen molar-refractivity contribution in [2.45, 2.75) is 0 Å². The molecule has 15 heavy (non-hydrogen) atoms. The first-order chi connectivity index (χ1) is 7.19. The zero-order chi connectivity index (χ0) is 11.3. The highest BCUT2D eigenvalue weighted by molar-refractivity contribution is 5.74. The number of benzene rings is 1. The summed E-state index contributed by atoms with van der Waals surface area (Å²) in [6.45, 7) is 0. The Hall–Kier alpha value is -2.17. The van der Waals surface area contributed by atoms with Crippen LogP contribution in [0.25, 0.3) is 6.08 Å². The van der Waals surface area contributed by atoms with Crippen molar-refractivity contribution >= 4 is 18.0 Å². The molecule has 0 aliphatic rings. The van der Waals surface area contributed by atoms with E-state index in [1.54, 1.807) is 6.07 Å².